The van der Waals surface area contributed by atoms with Crippen LogP contribution in [0.3, 0.4) is 0 Å². The number of nitrogens with one attached hydrogen (secondary N) is 3. The van der Waals surface area contributed by atoms with E-state index in [0.717, 1.165) is 18.7 Å². The molecule has 0 atom stereocenters. The van der Waals surface area contributed by atoms with E-state index in [4.69, 9.17) is 0 Å². The van der Waals surface area contributed by atoms with Crippen molar-refractivity contribution in [2.75, 3.05) is 18.4 Å². The van der Waals surface area contributed by atoms with Crippen molar-refractivity contribution in [2.24, 2.45) is 5.92 Å². The SMILES string of the molecule is CC(C)(C)NS(=O)(=O)c1cc(NC(=O)CNCC2CC2)ccc1F.Cl. The Morgan fingerprint density at radius 1 is 1.28 bits per heavy atom. The molecule has 9 heteroatoms. The normalized spacial score (nSPS) is 14.7. The Kier molecular flexibility index (Phi) is 7.37. The number of sulfonamides is 1. The minimum Gasteiger partial charge on any atom is -0.325 e. The maximum Gasteiger partial charge on any atom is 0.244 e. The van der Waals surface area contributed by atoms with Crippen LogP contribution in [0.15, 0.2) is 23.1 Å². The molecule has 0 heterocycles. The third-order valence-corrected chi connectivity index (χ3v) is 5.13. The average Bonchev–Trinajstić information content (AvgIpc) is 3.22. The van der Waals surface area contributed by atoms with Gasteiger partial charge in [0.1, 0.15) is 10.7 Å². The highest BCUT2D eigenvalue weighted by Gasteiger charge is 2.25. The third kappa shape index (κ3) is 7.27. The summed E-state index contributed by atoms with van der Waals surface area (Å²) in [5.41, 5.74) is -0.499. The Labute approximate surface area is 154 Å². The Balaban J connectivity index is 0.00000312. The second-order valence-corrected chi connectivity index (χ2v) is 8.77. The zero-order valence-electron chi connectivity index (χ0n) is 14.6. The van der Waals surface area contributed by atoms with Crippen molar-refractivity contribution >= 4 is 34.0 Å². The third-order valence-electron chi connectivity index (χ3n) is 3.36. The van der Waals surface area contributed by atoms with Crippen molar-refractivity contribution in [3.8, 4) is 0 Å². The summed E-state index contributed by atoms with van der Waals surface area (Å²) in [5, 5.41) is 5.62. The minimum absolute atomic E-state index is 0. The first-order valence-corrected chi connectivity index (χ1v) is 9.39. The van der Waals surface area contributed by atoms with Crippen LogP contribution in [0.5, 0.6) is 0 Å². The topological polar surface area (TPSA) is 87.3 Å². The summed E-state index contributed by atoms with van der Waals surface area (Å²) < 4.78 is 40.9. The van der Waals surface area contributed by atoms with Gasteiger partial charge in [-0.3, -0.25) is 4.79 Å². The fourth-order valence-corrected chi connectivity index (χ4v) is 3.69. The number of hydrogen-bond donors (Lipinski definition) is 3. The van der Waals surface area contributed by atoms with Gasteiger partial charge in [-0.25, -0.2) is 17.5 Å². The molecule has 1 fully saturated rings. The highest BCUT2D eigenvalue weighted by Crippen LogP contribution is 2.27. The van der Waals surface area contributed by atoms with E-state index < -0.39 is 26.3 Å². The van der Waals surface area contributed by atoms with Crippen molar-refractivity contribution in [1.29, 1.82) is 0 Å². The minimum atomic E-state index is -4.02. The summed E-state index contributed by atoms with van der Waals surface area (Å²) in [6, 6.07) is 3.50. The van der Waals surface area contributed by atoms with Gasteiger partial charge in [0.05, 0.1) is 6.54 Å². The van der Waals surface area contributed by atoms with Gasteiger partial charge in [-0.2, -0.15) is 0 Å². The van der Waals surface area contributed by atoms with E-state index in [-0.39, 0.29) is 30.5 Å². The predicted molar refractivity (Wildman–Crippen MR) is 97.9 cm³/mol. The number of carbonyl (C=O) groups excluding carboxylic acids is 1. The lowest BCUT2D eigenvalue weighted by molar-refractivity contribution is -0.115. The molecule has 0 aliphatic heterocycles. The van der Waals surface area contributed by atoms with E-state index >= 15 is 0 Å². The van der Waals surface area contributed by atoms with E-state index in [2.05, 4.69) is 15.4 Å². The summed E-state index contributed by atoms with van der Waals surface area (Å²) in [4.78, 5) is 11.4. The standard InChI is InChI=1S/C16H24FN3O3S.ClH/c1-16(2,3)20-24(22,23)14-8-12(6-7-13(14)17)19-15(21)10-18-9-11-4-5-11;/h6-8,11,18,20H,4-5,9-10H2,1-3H3,(H,19,21);1H. The number of amides is 1. The molecule has 0 bridgehead atoms. The van der Waals surface area contributed by atoms with Crippen molar-refractivity contribution in [2.45, 2.75) is 44.0 Å². The molecule has 6 nitrogen and oxygen atoms in total. The largest absolute Gasteiger partial charge is 0.325 e. The highest BCUT2D eigenvalue weighted by molar-refractivity contribution is 7.89. The molecule has 1 aliphatic rings. The van der Waals surface area contributed by atoms with Crippen LogP contribution in [0, 0.1) is 11.7 Å². The van der Waals surface area contributed by atoms with Crippen LogP contribution in [0.1, 0.15) is 33.6 Å². The van der Waals surface area contributed by atoms with E-state index in [0.29, 0.717) is 5.92 Å². The van der Waals surface area contributed by atoms with Crippen LogP contribution >= 0.6 is 12.4 Å². The van der Waals surface area contributed by atoms with Crippen LogP contribution in [0.25, 0.3) is 0 Å². The number of halogens is 2. The molecule has 0 radical (unpaired) electrons. The van der Waals surface area contributed by atoms with Crippen molar-refractivity contribution < 1.29 is 17.6 Å². The fraction of sp³-hybridized carbons (Fsp3) is 0.562. The molecule has 1 amide bonds. The molecule has 0 unspecified atom stereocenters. The first-order chi connectivity index (χ1) is 11.1. The molecule has 2 rings (SSSR count). The summed E-state index contributed by atoms with van der Waals surface area (Å²) in [6.07, 6.45) is 2.38. The molecule has 25 heavy (non-hydrogen) atoms. The zero-order valence-corrected chi connectivity index (χ0v) is 16.2. The molecular weight excluding hydrogens is 369 g/mol. The number of carbonyl (C=O) groups is 1. The molecule has 3 N–H and O–H groups in total. The quantitative estimate of drug-likeness (QED) is 0.663. The van der Waals surface area contributed by atoms with Crippen LogP contribution in [0.2, 0.25) is 0 Å². The smallest absolute Gasteiger partial charge is 0.244 e. The molecular formula is C16H25ClFN3O3S. The summed E-state index contributed by atoms with van der Waals surface area (Å²) in [5.74, 6) is -0.505. The monoisotopic (exact) mass is 393 g/mol. The lowest BCUT2D eigenvalue weighted by Gasteiger charge is -2.20. The van der Waals surface area contributed by atoms with E-state index in [1.807, 2.05) is 0 Å². The average molecular weight is 394 g/mol. The van der Waals surface area contributed by atoms with Gasteiger partial charge in [0, 0.05) is 11.2 Å². The van der Waals surface area contributed by atoms with Crippen LogP contribution in [-0.2, 0) is 14.8 Å². The van der Waals surface area contributed by atoms with Crippen molar-refractivity contribution in [3.05, 3.63) is 24.0 Å². The number of hydrogen-bond acceptors (Lipinski definition) is 4. The van der Waals surface area contributed by atoms with Gasteiger partial charge in [-0.15, -0.1) is 12.4 Å². The van der Waals surface area contributed by atoms with Crippen LogP contribution in [0.4, 0.5) is 10.1 Å². The van der Waals surface area contributed by atoms with E-state index in [1.165, 1.54) is 18.9 Å². The second kappa shape index (κ2) is 8.44. The lowest BCUT2D eigenvalue weighted by atomic mass is 10.1. The van der Waals surface area contributed by atoms with Gasteiger partial charge in [-0.1, -0.05) is 0 Å². The van der Waals surface area contributed by atoms with Gasteiger partial charge < -0.3 is 10.6 Å². The maximum atomic E-state index is 13.9. The van der Waals surface area contributed by atoms with Crippen LogP contribution in [-0.4, -0.2) is 33.0 Å². The van der Waals surface area contributed by atoms with Gasteiger partial charge in [-0.05, 0) is 64.3 Å². The summed E-state index contributed by atoms with van der Waals surface area (Å²) >= 11 is 0. The molecule has 1 aromatic carbocycles. The number of anilines is 1. The van der Waals surface area contributed by atoms with Crippen molar-refractivity contribution in [1.82, 2.24) is 10.0 Å². The van der Waals surface area contributed by atoms with E-state index in [9.17, 15) is 17.6 Å². The first kappa shape index (κ1) is 21.8. The molecule has 142 valence electrons. The molecule has 1 saturated carbocycles. The number of benzene rings is 1. The number of rotatable bonds is 7. The van der Waals surface area contributed by atoms with Gasteiger partial charge in [0.2, 0.25) is 15.9 Å². The molecule has 1 aromatic rings. The Bertz CT molecular complexity index is 716. The fourth-order valence-electron chi connectivity index (χ4n) is 2.16. The Morgan fingerprint density at radius 3 is 2.48 bits per heavy atom. The Hall–Kier alpha value is -1.22. The van der Waals surface area contributed by atoms with E-state index in [1.54, 1.807) is 20.8 Å². The molecule has 0 saturated heterocycles. The first-order valence-electron chi connectivity index (χ1n) is 7.91. The zero-order chi connectivity index (χ0) is 18.0. The maximum absolute atomic E-state index is 13.9. The van der Waals surface area contributed by atoms with Gasteiger partial charge >= 0.3 is 0 Å². The van der Waals surface area contributed by atoms with Gasteiger partial charge in [0.25, 0.3) is 0 Å². The lowest BCUT2D eigenvalue weighted by Crippen LogP contribution is -2.40. The highest BCUT2D eigenvalue weighted by atomic mass is 35.5. The van der Waals surface area contributed by atoms with Gasteiger partial charge in [0.15, 0.2) is 0 Å². The molecule has 0 aromatic heterocycles. The second-order valence-electron chi connectivity index (χ2n) is 7.12. The Morgan fingerprint density at radius 2 is 1.92 bits per heavy atom. The predicted octanol–water partition coefficient (Wildman–Crippen LogP) is 2.26. The van der Waals surface area contributed by atoms with Crippen molar-refractivity contribution in [3.63, 3.8) is 0 Å². The summed E-state index contributed by atoms with van der Waals surface area (Å²) in [7, 11) is -4.02. The molecule has 0 spiro atoms. The van der Waals surface area contributed by atoms with Crippen LogP contribution < -0.4 is 15.4 Å². The molecule has 1 aliphatic carbocycles. The summed E-state index contributed by atoms with van der Waals surface area (Å²) in [6.45, 7) is 5.93.